The highest BCUT2D eigenvalue weighted by Gasteiger charge is 2.49. The SMILES string of the molecule is O=C1CC(C(=O)Nc2ccc([N+](=O)[O-])cc2)C2C(=O)NC(N3CCCCC3)NC2N1. The molecule has 160 valence electrons. The Labute approximate surface area is 172 Å². The largest absolute Gasteiger partial charge is 0.340 e. The number of non-ortho nitro benzene ring substituents is 1. The molecule has 0 bridgehead atoms. The lowest BCUT2D eigenvalue weighted by Gasteiger charge is -2.46. The molecule has 30 heavy (non-hydrogen) atoms. The maximum absolute atomic E-state index is 12.9. The summed E-state index contributed by atoms with van der Waals surface area (Å²) in [6.45, 7) is 1.71. The van der Waals surface area contributed by atoms with Crippen LogP contribution in [0.4, 0.5) is 11.4 Å². The van der Waals surface area contributed by atoms with E-state index < -0.39 is 28.8 Å². The van der Waals surface area contributed by atoms with Gasteiger partial charge in [0.2, 0.25) is 17.7 Å². The van der Waals surface area contributed by atoms with E-state index in [1.54, 1.807) is 0 Å². The van der Waals surface area contributed by atoms with Crippen LogP contribution in [0.25, 0.3) is 0 Å². The molecule has 3 saturated heterocycles. The number of rotatable bonds is 4. The summed E-state index contributed by atoms with van der Waals surface area (Å²) in [5.41, 5.74) is 0.272. The number of carbonyl (C=O) groups is 3. The molecule has 0 aliphatic carbocycles. The molecule has 3 amide bonds. The Morgan fingerprint density at radius 3 is 2.47 bits per heavy atom. The zero-order chi connectivity index (χ0) is 21.3. The number of nitrogens with zero attached hydrogens (tertiary/aromatic N) is 2. The van der Waals surface area contributed by atoms with Gasteiger partial charge in [-0.25, -0.2) is 0 Å². The van der Waals surface area contributed by atoms with E-state index in [1.165, 1.54) is 24.3 Å². The molecule has 4 rings (SSSR count). The average Bonchev–Trinajstić information content (AvgIpc) is 2.73. The van der Waals surface area contributed by atoms with Crippen molar-refractivity contribution in [3.05, 3.63) is 34.4 Å². The van der Waals surface area contributed by atoms with Crippen LogP contribution in [0.15, 0.2) is 24.3 Å². The number of benzene rings is 1. The smallest absolute Gasteiger partial charge is 0.269 e. The Hall–Kier alpha value is -3.05. The Bertz CT molecular complexity index is 853. The van der Waals surface area contributed by atoms with E-state index in [1.807, 2.05) is 0 Å². The standard InChI is InChI=1S/C19H24N6O5/c26-14-10-13(17(27)20-11-4-6-12(7-5-11)25(29)30)15-16(21-14)22-19(23-18(15)28)24-8-2-1-3-9-24/h4-7,13,15-16,19,22H,1-3,8-10H2,(H,20,27)(H,21,26)(H,23,28). The molecule has 4 atom stereocenters. The van der Waals surface area contributed by atoms with Gasteiger partial charge in [-0.05, 0) is 25.0 Å². The lowest BCUT2D eigenvalue weighted by Crippen LogP contribution is -2.74. The predicted octanol–water partition coefficient (Wildman–Crippen LogP) is 0.101. The number of anilines is 1. The van der Waals surface area contributed by atoms with Crippen molar-refractivity contribution < 1.29 is 19.3 Å². The third kappa shape index (κ3) is 4.12. The molecule has 4 N–H and O–H groups in total. The highest BCUT2D eigenvalue weighted by atomic mass is 16.6. The summed E-state index contributed by atoms with van der Waals surface area (Å²) in [4.78, 5) is 50.4. The predicted molar refractivity (Wildman–Crippen MR) is 106 cm³/mol. The first-order valence-corrected chi connectivity index (χ1v) is 10.1. The van der Waals surface area contributed by atoms with Crippen molar-refractivity contribution in [2.24, 2.45) is 11.8 Å². The highest BCUT2D eigenvalue weighted by molar-refractivity contribution is 6.00. The number of piperidine rings is 2. The van der Waals surface area contributed by atoms with E-state index in [4.69, 9.17) is 0 Å². The molecule has 11 nitrogen and oxygen atoms in total. The number of likely N-dealkylation sites (tertiary alicyclic amines) is 1. The molecule has 0 saturated carbocycles. The van der Waals surface area contributed by atoms with Gasteiger partial charge >= 0.3 is 0 Å². The van der Waals surface area contributed by atoms with E-state index in [0.717, 1.165) is 32.4 Å². The normalized spacial score (nSPS) is 29.3. The van der Waals surface area contributed by atoms with Gasteiger partial charge in [-0.1, -0.05) is 6.42 Å². The van der Waals surface area contributed by atoms with Crippen molar-refractivity contribution >= 4 is 29.1 Å². The minimum atomic E-state index is -0.853. The zero-order valence-electron chi connectivity index (χ0n) is 16.3. The summed E-state index contributed by atoms with van der Waals surface area (Å²) in [5.74, 6) is -2.66. The van der Waals surface area contributed by atoms with E-state index in [-0.39, 0.29) is 30.2 Å². The third-order valence-electron chi connectivity index (χ3n) is 5.87. The van der Waals surface area contributed by atoms with Crippen LogP contribution in [0.3, 0.4) is 0 Å². The number of hydrogen-bond donors (Lipinski definition) is 4. The second-order valence-electron chi connectivity index (χ2n) is 7.85. The van der Waals surface area contributed by atoms with Crippen molar-refractivity contribution in [3.63, 3.8) is 0 Å². The molecule has 3 aliphatic heterocycles. The Morgan fingerprint density at radius 1 is 1.10 bits per heavy atom. The van der Waals surface area contributed by atoms with Gasteiger partial charge in [-0.2, -0.15) is 0 Å². The number of nitrogens with one attached hydrogen (secondary N) is 4. The van der Waals surface area contributed by atoms with Crippen molar-refractivity contribution in [3.8, 4) is 0 Å². The first-order valence-electron chi connectivity index (χ1n) is 10.1. The van der Waals surface area contributed by atoms with Gasteiger partial charge in [0, 0.05) is 37.3 Å². The minimum Gasteiger partial charge on any atom is -0.340 e. The molecule has 0 aromatic heterocycles. The molecular formula is C19H24N6O5. The van der Waals surface area contributed by atoms with Crippen LogP contribution in [0.2, 0.25) is 0 Å². The van der Waals surface area contributed by atoms with Gasteiger partial charge in [0.1, 0.15) is 6.29 Å². The summed E-state index contributed by atoms with van der Waals surface area (Å²) in [5, 5.41) is 22.4. The third-order valence-corrected chi connectivity index (χ3v) is 5.87. The quantitative estimate of drug-likeness (QED) is 0.402. The molecule has 1 aromatic carbocycles. The molecular weight excluding hydrogens is 392 g/mol. The Balaban J connectivity index is 1.47. The average molecular weight is 416 g/mol. The van der Waals surface area contributed by atoms with Gasteiger partial charge in [0.05, 0.1) is 22.9 Å². The fourth-order valence-electron chi connectivity index (χ4n) is 4.33. The van der Waals surface area contributed by atoms with Crippen molar-refractivity contribution in [2.75, 3.05) is 18.4 Å². The lowest BCUT2D eigenvalue weighted by atomic mass is 9.81. The Morgan fingerprint density at radius 2 is 1.80 bits per heavy atom. The number of nitro groups is 1. The molecule has 3 aliphatic rings. The monoisotopic (exact) mass is 416 g/mol. The number of fused-ring (bicyclic) bond motifs is 1. The number of amides is 3. The van der Waals surface area contributed by atoms with E-state index in [0.29, 0.717) is 5.69 Å². The molecule has 3 heterocycles. The summed E-state index contributed by atoms with van der Waals surface area (Å²) in [7, 11) is 0. The summed E-state index contributed by atoms with van der Waals surface area (Å²) in [6.07, 6.45) is 2.13. The Kier molecular flexibility index (Phi) is 5.64. The molecule has 11 heteroatoms. The number of carbonyl (C=O) groups excluding carboxylic acids is 3. The maximum Gasteiger partial charge on any atom is 0.269 e. The molecule has 0 spiro atoms. The van der Waals surface area contributed by atoms with Crippen LogP contribution >= 0.6 is 0 Å². The van der Waals surface area contributed by atoms with Crippen LogP contribution in [0, 0.1) is 22.0 Å². The topological polar surface area (TPSA) is 146 Å². The first-order chi connectivity index (χ1) is 14.4. The summed E-state index contributed by atoms with van der Waals surface area (Å²) in [6, 6.07) is 5.40. The van der Waals surface area contributed by atoms with Gasteiger partial charge < -0.3 is 16.0 Å². The summed E-state index contributed by atoms with van der Waals surface area (Å²) < 4.78 is 0. The highest BCUT2D eigenvalue weighted by Crippen LogP contribution is 2.29. The molecule has 4 unspecified atom stereocenters. The van der Waals surface area contributed by atoms with Crippen LogP contribution < -0.4 is 21.3 Å². The fraction of sp³-hybridized carbons (Fsp3) is 0.526. The van der Waals surface area contributed by atoms with Crippen molar-refractivity contribution in [2.45, 2.75) is 38.1 Å². The summed E-state index contributed by atoms with van der Waals surface area (Å²) >= 11 is 0. The second kappa shape index (κ2) is 8.36. The van der Waals surface area contributed by atoms with Crippen LogP contribution in [0.5, 0.6) is 0 Å². The van der Waals surface area contributed by atoms with E-state index in [2.05, 4.69) is 26.2 Å². The van der Waals surface area contributed by atoms with E-state index >= 15 is 0 Å². The molecule has 3 fully saturated rings. The van der Waals surface area contributed by atoms with Gasteiger partial charge in [-0.15, -0.1) is 0 Å². The van der Waals surface area contributed by atoms with E-state index in [9.17, 15) is 24.5 Å². The molecule has 1 aromatic rings. The lowest BCUT2D eigenvalue weighted by molar-refractivity contribution is -0.384. The minimum absolute atomic E-state index is 0.0929. The van der Waals surface area contributed by atoms with Crippen LogP contribution in [0.1, 0.15) is 25.7 Å². The van der Waals surface area contributed by atoms with Gasteiger partial charge in [-0.3, -0.25) is 34.7 Å². The van der Waals surface area contributed by atoms with Gasteiger partial charge in [0.25, 0.3) is 5.69 Å². The number of hydrogen-bond acceptors (Lipinski definition) is 7. The number of nitro benzene ring substituents is 1. The maximum atomic E-state index is 12.9. The second-order valence-corrected chi connectivity index (χ2v) is 7.85. The first kappa shape index (κ1) is 20.2. The zero-order valence-corrected chi connectivity index (χ0v) is 16.3. The fourth-order valence-corrected chi connectivity index (χ4v) is 4.33. The van der Waals surface area contributed by atoms with Crippen molar-refractivity contribution in [1.82, 2.24) is 20.9 Å². The van der Waals surface area contributed by atoms with Crippen molar-refractivity contribution in [1.29, 1.82) is 0 Å². The molecule has 0 radical (unpaired) electrons. The van der Waals surface area contributed by atoms with Crippen LogP contribution in [-0.4, -0.2) is 53.1 Å². The van der Waals surface area contributed by atoms with Gasteiger partial charge in [0.15, 0.2) is 0 Å². The van der Waals surface area contributed by atoms with Crippen LogP contribution in [-0.2, 0) is 14.4 Å².